The molecule has 1 aliphatic heterocycles. The van der Waals surface area contributed by atoms with Crippen LogP contribution in [-0.2, 0) is 9.59 Å². The van der Waals surface area contributed by atoms with Gasteiger partial charge in [-0.05, 0) is 76.4 Å². The van der Waals surface area contributed by atoms with E-state index in [4.69, 9.17) is 25.8 Å². The molecule has 0 aliphatic carbocycles. The van der Waals surface area contributed by atoms with Gasteiger partial charge in [-0.1, -0.05) is 23.7 Å². The van der Waals surface area contributed by atoms with Crippen molar-refractivity contribution >= 4 is 50.7 Å². The van der Waals surface area contributed by atoms with Crippen LogP contribution in [-0.4, -0.2) is 38.1 Å². The van der Waals surface area contributed by atoms with Crippen LogP contribution in [0.15, 0.2) is 64.6 Å². The molecule has 1 fully saturated rings. The van der Waals surface area contributed by atoms with Gasteiger partial charge in [0.2, 0.25) is 0 Å². The second-order valence-corrected chi connectivity index (χ2v) is 9.28. The van der Waals surface area contributed by atoms with Crippen molar-refractivity contribution in [2.45, 2.75) is 13.0 Å². The molecule has 1 N–H and O–H groups in total. The Balaban J connectivity index is 2.00. The lowest BCUT2D eigenvalue weighted by Crippen LogP contribution is -2.30. The molecule has 0 radical (unpaired) electrons. The van der Waals surface area contributed by atoms with E-state index < -0.39 is 17.7 Å². The first-order chi connectivity index (χ1) is 17.2. The number of halogens is 2. The van der Waals surface area contributed by atoms with Crippen molar-refractivity contribution < 1.29 is 28.9 Å². The highest BCUT2D eigenvalue weighted by molar-refractivity contribution is 9.10. The van der Waals surface area contributed by atoms with Crippen LogP contribution in [0.5, 0.6) is 17.2 Å². The van der Waals surface area contributed by atoms with E-state index in [-0.39, 0.29) is 11.3 Å². The maximum atomic E-state index is 13.4. The normalized spacial score (nSPS) is 16.8. The van der Waals surface area contributed by atoms with Crippen molar-refractivity contribution in [1.82, 2.24) is 0 Å². The van der Waals surface area contributed by atoms with E-state index in [1.165, 1.54) is 26.2 Å². The third-order valence-electron chi connectivity index (χ3n) is 6.09. The lowest BCUT2D eigenvalue weighted by Gasteiger charge is -2.27. The van der Waals surface area contributed by atoms with Crippen LogP contribution in [0.1, 0.15) is 22.7 Å². The maximum Gasteiger partial charge on any atom is 0.300 e. The van der Waals surface area contributed by atoms with Gasteiger partial charge in [0.05, 0.1) is 37.4 Å². The number of aliphatic hydroxyl groups excluding tert-OH is 1. The highest BCUT2D eigenvalue weighted by Crippen LogP contribution is 2.46. The summed E-state index contributed by atoms with van der Waals surface area (Å²) in [7, 11) is 4.53. The maximum absolute atomic E-state index is 13.4. The molecule has 0 spiro atoms. The Labute approximate surface area is 222 Å². The van der Waals surface area contributed by atoms with Gasteiger partial charge in [-0.25, -0.2) is 0 Å². The molecule has 0 bridgehead atoms. The first-order valence-electron chi connectivity index (χ1n) is 10.8. The summed E-state index contributed by atoms with van der Waals surface area (Å²) in [5, 5.41) is 11.8. The van der Waals surface area contributed by atoms with Gasteiger partial charge in [0, 0.05) is 16.3 Å². The molecule has 4 rings (SSSR count). The number of rotatable bonds is 6. The second kappa shape index (κ2) is 10.2. The SMILES string of the molecule is COc1ccc(/C(O)=C2\C(=O)C(=O)N(c3cccc(Cl)c3C)C2c2ccc(OC)c(OC)c2)cc1Br. The molecular weight excluding hydrogens is 550 g/mol. The third kappa shape index (κ3) is 4.31. The number of benzene rings is 3. The van der Waals surface area contributed by atoms with Crippen LogP contribution in [0.25, 0.3) is 5.76 Å². The van der Waals surface area contributed by atoms with Crippen molar-refractivity contribution in [2.75, 3.05) is 26.2 Å². The molecule has 1 aliphatic rings. The number of hydrogen-bond acceptors (Lipinski definition) is 6. The van der Waals surface area contributed by atoms with Crippen LogP contribution in [0.2, 0.25) is 5.02 Å². The summed E-state index contributed by atoms with van der Waals surface area (Å²) in [6.07, 6.45) is 0. The molecule has 36 heavy (non-hydrogen) atoms. The molecule has 0 aromatic heterocycles. The molecule has 3 aromatic carbocycles. The van der Waals surface area contributed by atoms with E-state index in [1.807, 2.05) is 0 Å². The molecular formula is C27H23BrClNO6. The van der Waals surface area contributed by atoms with Gasteiger partial charge in [-0.3, -0.25) is 14.5 Å². The van der Waals surface area contributed by atoms with Crippen molar-refractivity contribution in [3.8, 4) is 17.2 Å². The van der Waals surface area contributed by atoms with E-state index in [9.17, 15) is 14.7 Å². The van der Waals surface area contributed by atoms with Gasteiger partial charge in [-0.15, -0.1) is 0 Å². The van der Waals surface area contributed by atoms with Gasteiger partial charge in [0.1, 0.15) is 11.5 Å². The summed E-state index contributed by atoms with van der Waals surface area (Å²) < 4.78 is 16.7. The Hall–Kier alpha value is -3.49. The Morgan fingerprint density at radius 3 is 2.25 bits per heavy atom. The Kier molecular flexibility index (Phi) is 7.28. The zero-order chi connectivity index (χ0) is 26.1. The van der Waals surface area contributed by atoms with Crippen molar-refractivity contribution in [3.05, 3.63) is 86.4 Å². The Morgan fingerprint density at radius 1 is 0.944 bits per heavy atom. The number of carbonyl (C=O) groups is 2. The summed E-state index contributed by atoms with van der Waals surface area (Å²) in [5.74, 6) is -0.476. The van der Waals surface area contributed by atoms with Crippen LogP contribution in [0.3, 0.4) is 0 Å². The average molecular weight is 573 g/mol. The van der Waals surface area contributed by atoms with E-state index in [1.54, 1.807) is 61.5 Å². The molecule has 0 saturated carbocycles. The number of aliphatic hydroxyl groups is 1. The summed E-state index contributed by atoms with van der Waals surface area (Å²) in [5.41, 5.74) is 1.90. The number of nitrogens with zero attached hydrogens (tertiary/aromatic N) is 1. The Morgan fingerprint density at radius 2 is 1.61 bits per heavy atom. The monoisotopic (exact) mass is 571 g/mol. The van der Waals surface area contributed by atoms with Crippen molar-refractivity contribution in [3.63, 3.8) is 0 Å². The zero-order valence-corrected chi connectivity index (χ0v) is 22.3. The van der Waals surface area contributed by atoms with Crippen LogP contribution in [0, 0.1) is 6.92 Å². The molecule has 1 atom stereocenters. The largest absolute Gasteiger partial charge is 0.507 e. The summed E-state index contributed by atoms with van der Waals surface area (Å²) in [4.78, 5) is 28.2. The number of Topliss-reactive ketones (excluding diaryl/α,β-unsaturated/α-hetero) is 1. The second-order valence-electron chi connectivity index (χ2n) is 8.02. The minimum absolute atomic E-state index is 0.0661. The molecule has 186 valence electrons. The smallest absolute Gasteiger partial charge is 0.300 e. The topological polar surface area (TPSA) is 85.3 Å². The molecule has 9 heteroatoms. The summed E-state index contributed by atoms with van der Waals surface area (Å²) in [6, 6.07) is 14.1. The van der Waals surface area contributed by atoms with Crippen molar-refractivity contribution in [2.24, 2.45) is 0 Å². The fourth-order valence-electron chi connectivity index (χ4n) is 4.25. The molecule has 1 unspecified atom stereocenters. The number of carbonyl (C=O) groups excluding carboxylic acids is 2. The van der Waals surface area contributed by atoms with Gasteiger partial charge < -0.3 is 19.3 Å². The van der Waals surface area contributed by atoms with E-state index in [0.717, 1.165) is 0 Å². The van der Waals surface area contributed by atoms with Crippen LogP contribution >= 0.6 is 27.5 Å². The summed E-state index contributed by atoms with van der Waals surface area (Å²) in [6.45, 7) is 1.77. The first-order valence-corrected chi connectivity index (χ1v) is 12.0. The molecule has 7 nitrogen and oxygen atoms in total. The van der Waals surface area contributed by atoms with Gasteiger partial charge >= 0.3 is 0 Å². The average Bonchev–Trinajstić information content (AvgIpc) is 3.14. The van der Waals surface area contributed by atoms with Crippen LogP contribution < -0.4 is 19.1 Å². The number of ketones is 1. The van der Waals surface area contributed by atoms with E-state index >= 15 is 0 Å². The minimum Gasteiger partial charge on any atom is -0.507 e. The van der Waals surface area contributed by atoms with Gasteiger partial charge in [-0.2, -0.15) is 0 Å². The number of methoxy groups -OCH3 is 3. The van der Waals surface area contributed by atoms with E-state index in [2.05, 4.69) is 15.9 Å². The standard InChI is InChI=1S/C27H23BrClNO6/c1-14-18(29)6-5-7-19(14)30-24(15-8-11-21(35-3)22(13-15)36-4)23(26(32)27(30)33)25(31)16-9-10-20(34-2)17(28)12-16/h5-13,24,31H,1-4H3/b25-23+. The number of ether oxygens (including phenoxy) is 3. The highest BCUT2D eigenvalue weighted by atomic mass is 79.9. The van der Waals surface area contributed by atoms with Gasteiger partial charge in [0.15, 0.2) is 11.5 Å². The molecule has 1 heterocycles. The lowest BCUT2D eigenvalue weighted by atomic mass is 9.94. The number of anilines is 1. The fourth-order valence-corrected chi connectivity index (χ4v) is 4.96. The summed E-state index contributed by atoms with van der Waals surface area (Å²) >= 11 is 9.77. The number of amides is 1. The minimum atomic E-state index is -0.956. The van der Waals surface area contributed by atoms with E-state index in [0.29, 0.717) is 49.1 Å². The van der Waals surface area contributed by atoms with Crippen LogP contribution in [0.4, 0.5) is 5.69 Å². The third-order valence-corrected chi connectivity index (χ3v) is 7.12. The van der Waals surface area contributed by atoms with Crippen molar-refractivity contribution in [1.29, 1.82) is 0 Å². The Bertz CT molecular complexity index is 1400. The fraction of sp³-hybridized carbons (Fsp3) is 0.185. The molecule has 1 saturated heterocycles. The first kappa shape index (κ1) is 25.6. The predicted octanol–water partition coefficient (Wildman–Crippen LogP) is 6.06. The number of hydrogen-bond donors (Lipinski definition) is 1. The molecule has 3 aromatic rings. The predicted molar refractivity (Wildman–Crippen MR) is 141 cm³/mol. The van der Waals surface area contributed by atoms with Gasteiger partial charge in [0.25, 0.3) is 11.7 Å². The quantitative estimate of drug-likeness (QED) is 0.219. The molecule has 1 amide bonds. The highest BCUT2D eigenvalue weighted by Gasteiger charge is 2.47. The lowest BCUT2D eigenvalue weighted by molar-refractivity contribution is -0.132. The zero-order valence-electron chi connectivity index (χ0n) is 20.0.